The van der Waals surface area contributed by atoms with Gasteiger partial charge in [-0.15, -0.1) is 0 Å². The summed E-state index contributed by atoms with van der Waals surface area (Å²) in [5.74, 6) is 0. The van der Waals surface area contributed by atoms with Gasteiger partial charge in [-0.2, -0.15) is 0 Å². The van der Waals surface area contributed by atoms with Crippen molar-refractivity contribution in [3.8, 4) is 0 Å². The first-order chi connectivity index (χ1) is 9.89. The molecule has 0 spiro atoms. The zero-order valence-corrected chi connectivity index (χ0v) is 14.8. The molecule has 0 radical (unpaired) electrons. The van der Waals surface area contributed by atoms with Crippen molar-refractivity contribution in [1.29, 1.82) is 0 Å². The lowest BCUT2D eigenvalue weighted by atomic mass is 10.2. The molecule has 0 aromatic carbocycles. The standard InChI is InChI=1S/C15H29N3O4/c1-14(2,3)21-12(19)17-10-8-16(7)9-11-18(17)13(20)22-15(4,5)6/h8-11H2,1-7H3. The summed E-state index contributed by atoms with van der Waals surface area (Å²) in [6.07, 6.45) is -1.07. The summed E-state index contributed by atoms with van der Waals surface area (Å²) in [5, 5.41) is 2.67. The minimum absolute atomic E-state index is 0.380. The molecule has 0 aliphatic carbocycles. The molecule has 0 unspecified atom stereocenters. The second-order valence-corrected chi connectivity index (χ2v) is 7.51. The van der Waals surface area contributed by atoms with E-state index in [2.05, 4.69) is 4.90 Å². The van der Waals surface area contributed by atoms with Crippen LogP contribution < -0.4 is 0 Å². The average molecular weight is 315 g/mol. The number of hydrazine groups is 1. The van der Waals surface area contributed by atoms with Crippen molar-refractivity contribution in [2.75, 3.05) is 33.2 Å². The molecule has 1 aliphatic rings. The third-order valence-electron chi connectivity index (χ3n) is 2.89. The van der Waals surface area contributed by atoms with Crippen LogP contribution >= 0.6 is 0 Å². The minimum atomic E-state index is -0.616. The summed E-state index contributed by atoms with van der Waals surface area (Å²) in [5.41, 5.74) is -1.23. The second-order valence-electron chi connectivity index (χ2n) is 7.51. The van der Waals surface area contributed by atoms with E-state index in [1.807, 2.05) is 7.05 Å². The zero-order chi connectivity index (χ0) is 17.1. The highest BCUT2D eigenvalue weighted by Gasteiger charge is 2.34. The van der Waals surface area contributed by atoms with Crippen molar-refractivity contribution >= 4 is 12.2 Å². The number of likely N-dealkylation sites (N-methyl/N-ethyl adjacent to an activating group) is 1. The van der Waals surface area contributed by atoms with Crippen molar-refractivity contribution in [2.45, 2.75) is 52.7 Å². The zero-order valence-electron chi connectivity index (χ0n) is 14.8. The fourth-order valence-corrected chi connectivity index (χ4v) is 1.89. The van der Waals surface area contributed by atoms with Crippen LogP contribution in [0.1, 0.15) is 41.5 Å². The monoisotopic (exact) mass is 315 g/mol. The van der Waals surface area contributed by atoms with Crippen molar-refractivity contribution in [3.63, 3.8) is 0 Å². The lowest BCUT2D eigenvalue weighted by molar-refractivity contribution is -0.0572. The Hall–Kier alpha value is -1.50. The predicted molar refractivity (Wildman–Crippen MR) is 83.4 cm³/mol. The van der Waals surface area contributed by atoms with Crippen molar-refractivity contribution in [3.05, 3.63) is 0 Å². The van der Waals surface area contributed by atoms with E-state index in [0.29, 0.717) is 26.2 Å². The molecule has 0 aromatic rings. The Kier molecular flexibility index (Phi) is 5.67. The van der Waals surface area contributed by atoms with Gasteiger partial charge in [0, 0.05) is 13.1 Å². The highest BCUT2D eigenvalue weighted by Crippen LogP contribution is 2.16. The predicted octanol–water partition coefficient (Wildman–Crippen LogP) is 2.32. The first kappa shape index (κ1) is 18.5. The first-order valence-corrected chi connectivity index (χ1v) is 7.58. The molecule has 1 saturated heterocycles. The number of hydrogen-bond acceptors (Lipinski definition) is 5. The summed E-state index contributed by atoms with van der Waals surface area (Å²) >= 11 is 0. The van der Waals surface area contributed by atoms with Gasteiger partial charge in [0.2, 0.25) is 0 Å². The normalized spacial score (nSPS) is 18.0. The number of rotatable bonds is 0. The van der Waals surface area contributed by atoms with Crippen LogP contribution in [0.3, 0.4) is 0 Å². The number of hydrogen-bond donors (Lipinski definition) is 0. The fourth-order valence-electron chi connectivity index (χ4n) is 1.89. The Morgan fingerprint density at radius 2 is 1.05 bits per heavy atom. The Morgan fingerprint density at radius 1 is 0.727 bits per heavy atom. The van der Waals surface area contributed by atoms with Crippen LogP contribution in [-0.4, -0.2) is 71.5 Å². The van der Waals surface area contributed by atoms with Gasteiger partial charge in [0.05, 0.1) is 13.1 Å². The molecule has 22 heavy (non-hydrogen) atoms. The SMILES string of the molecule is CN1CCN(C(=O)OC(C)(C)C)N(C(=O)OC(C)(C)C)CC1. The molecule has 0 bridgehead atoms. The molecular formula is C15H29N3O4. The van der Waals surface area contributed by atoms with E-state index in [9.17, 15) is 9.59 Å². The van der Waals surface area contributed by atoms with Gasteiger partial charge in [-0.1, -0.05) is 0 Å². The van der Waals surface area contributed by atoms with Gasteiger partial charge in [0.25, 0.3) is 0 Å². The highest BCUT2D eigenvalue weighted by atomic mass is 16.6. The van der Waals surface area contributed by atoms with Crippen LogP contribution in [-0.2, 0) is 9.47 Å². The van der Waals surface area contributed by atoms with E-state index < -0.39 is 23.4 Å². The van der Waals surface area contributed by atoms with Crippen LogP contribution in [0, 0.1) is 0 Å². The molecule has 1 fully saturated rings. The van der Waals surface area contributed by atoms with E-state index in [1.165, 1.54) is 10.0 Å². The molecule has 0 aromatic heterocycles. The molecule has 1 aliphatic heterocycles. The average Bonchev–Trinajstić information content (AvgIpc) is 2.46. The molecule has 2 amide bonds. The maximum Gasteiger partial charge on any atom is 0.429 e. The maximum atomic E-state index is 12.4. The minimum Gasteiger partial charge on any atom is -0.442 e. The van der Waals surface area contributed by atoms with Crippen LogP contribution in [0.4, 0.5) is 9.59 Å². The van der Waals surface area contributed by atoms with Crippen LogP contribution in [0.2, 0.25) is 0 Å². The van der Waals surface area contributed by atoms with E-state index in [0.717, 1.165) is 0 Å². The number of nitrogens with zero attached hydrogens (tertiary/aromatic N) is 3. The van der Waals surface area contributed by atoms with Gasteiger partial charge in [-0.25, -0.2) is 19.6 Å². The topological polar surface area (TPSA) is 62.3 Å². The van der Waals surface area contributed by atoms with Crippen molar-refractivity contribution < 1.29 is 19.1 Å². The Labute approximate surface area is 133 Å². The fraction of sp³-hybridized carbons (Fsp3) is 0.867. The Bertz CT molecular complexity index is 374. The van der Waals surface area contributed by atoms with Crippen LogP contribution in [0.5, 0.6) is 0 Å². The van der Waals surface area contributed by atoms with Crippen LogP contribution in [0.15, 0.2) is 0 Å². The summed E-state index contributed by atoms with van der Waals surface area (Å²) < 4.78 is 10.8. The molecule has 1 heterocycles. The molecule has 128 valence electrons. The van der Waals surface area contributed by atoms with Gasteiger partial charge in [0.15, 0.2) is 0 Å². The summed E-state index contributed by atoms with van der Waals surface area (Å²) in [7, 11) is 1.95. The molecule has 0 atom stereocenters. The van der Waals surface area contributed by atoms with Gasteiger partial charge in [0.1, 0.15) is 11.2 Å². The van der Waals surface area contributed by atoms with Gasteiger partial charge < -0.3 is 14.4 Å². The smallest absolute Gasteiger partial charge is 0.429 e. The van der Waals surface area contributed by atoms with Gasteiger partial charge in [-0.3, -0.25) is 0 Å². The molecule has 1 rings (SSSR count). The number of carbonyl (C=O) groups is 2. The summed E-state index contributed by atoms with van der Waals surface area (Å²) in [6, 6.07) is 0. The maximum absolute atomic E-state index is 12.4. The summed E-state index contributed by atoms with van der Waals surface area (Å²) in [6.45, 7) is 12.9. The number of ether oxygens (including phenoxy) is 2. The molecule has 7 nitrogen and oxygen atoms in total. The number of carbonyl (C=O) groups excluding carboxylic acids is 2. The van der Waals surface area contributed by atoms with E-state index >= 15 is 0 Å². The molecule has 0 N–H and O–H groups in total. The van der Waals surface area contributed by atoms with Gasteiger partial charge >= 0.3 is 12.2 Å². The number of amides is 2. The Morgan fingerprint density at radius 3 is 1.32 bits per heavy atom. The molecule has 7 heteroatoms. The Balaban J connectivity index is 2.91. The first-order valence-electron chi connectivity index (χ1n) is 7.58. The van der Waals surface area contributed by atoms with Crippen LogP contribution in [0.25, 0.3) is 0 Å². The second kappa shape index (κ2) is 6.73. The third kappa shape index (κ3) is 6.09. The van der Waals surface area contributed by atoms with Gasteiger partial charge in [-0.05, 0) is 48.6 Å². The van der Waals surface area contributed by atoms with E-state index in [4.69, 9.17) is 9.47 Å². The summed E-state index contributed by atoms with van der Waals surface area (Å²) in [4.78, 5) is 26.8. The van der Waals surface area contributed by atoms with E-state index in [-0.39, 0.29) is 0 Å². The molecule has 0 saturated carbocycles. The van der Waals surface area contributed by atoms with Crippen molar-refractivity contribution in [2.24, 2.45) is 0 Å². The quantitative estimate of drug-likeness (QED) is 0.686. The van der Waals surface area contributed by atoms with Crippen molar-refractivity contribution in [1.82, 2.24) is 14.9 Å². The highest BCUT2D eigenvalue weighted by molar-refractivity contribution is 5.74. The lowest BCUT2D eigenvalue weighted by Crippen LogP contribution is -2.53. The molecular weight excluding hydrogens is 286 g/mol. The largest absolute Gasteiger partial charge is 0.442 e. The third-order valence-corrected chi connectivity index (χ3v) is 2.89. The lowest BCUT2D eigenvalue weighted by Gasteiger charge is -2.35. The van der Waals surface area contributed by atoms with E-state index in [1.54, 1.807) is 41.5 Å².